The maximum absolute atomic E-state index is 12.8. The predicted octanol–water partition coefficient (Wildman–Crippen LogP) is 2.76. The number of alkyl halides is 3. The fraction of sp³-hybridized carbons (Fsp3) is 0.429. The van der Waals surface area contributed by atoms with Gasteiger partial charge in [-0.3, -0.25) is 4.79 Å². The maximum atomic E-state index is 12.8. The highest BCUT2D eigenvalue weighted by Crippen LogP contribution is 2.32. The van der Waals surface area contributed by atoms with Crippen molar-refractivity contribution in [2.45, 2.75) is 26.6 Å². The summed E-state index contributed by atoms with van der Waals surface area (Å²) in [6.07, 6.45) is -4.65. The number of amides is 1. The predicted molar refractivity (Wildman–Crippen MR) is 69.5 cm³/mol. The summed E-state index contributed by atoms with van der Waals surface area (Å²) in [7, 11) is 1.01. The number of methoxy groups -OCH3 is 1. The van der Waals surface area contributed by atoms with Crippen LogP contribution in [-0.2, 0) is 22.3 Å². The summed E-state index contributed by atoms with van der Waals surface area (Å²) in [4.78, 5) is 22.9. The molecule has 0 spiro atoms. The molecule has 4 nitrogen and oxygen atoms in total. The molecule has 0 heterocycles. The van der Waals surface area contributed by atoms with E-state index in [2.05, 4.69) is 10.1 Å². The van der Waals surface area contributed by atoms with E-state index in [0.717, 1.165) is 19.2 Å². The second-order valence-electron chi connectivity index (χ2n) is 4.74. The van der Waals surface area contributed by atoms with E-state index in [0.29, 0.717) is 5.56 Å². The van der Waals surface area contributed by atoms with Crippen molar-refractivity contribution >= 4 is 11.9 Å². The first kappa shape index (κ1) is 17.0. The standard InChI is InChI=1S/C14H16F3NO3/c1-8(2)12(19)18-7-9-4-5-11(14(15,16)17)10(6-9)13(20)21-3/h4-6,8H,7H2,1-3H3,(H,18,19). The van der Waals surface area contributed by atoms with E-state index < -0.39 is 23.3 Å². The van der Waals surface area contributed by atoms with Gasteiger partial charge in [0.25, 0.3) is 0 Å². The Kier molecular flexibility index (Phi) is 5.34. The van der Waals surface area contributed by atoms with Crippen LogP contribution in [0.2, 0.25) is 0 Å². The van der Waals surface area contributed by atoms with Gasteiger partial charge in [0.2, 0.25) is 5.91 Å². The van der Waals surface area contributed by atoms with Crippen molar-refractivity contribution < 1.29 is 27.5 Å². The fourth-order valence-electron chi connectivity index (χ4n) is 1.62. The van der Waals surface area contributed by atoms with E-state index in [1.165, 1.54) is 6.07 Å². The molecule has 21 heavy (non-hydrogen) atoms. The van der Waals surface area contributed by atoms with Crippen LogP contribution in [0.1, 0.15) is 35.3 Å². The summed E-state index contributed by atoms with van der Waals surface area (Å²) in [5, 5.41) is 2.57. The van der Waals surface area contributed by atoms with Crippen LogP contribution < -0.4 is 5.32 Å². The lowest BCUT2D eigenvalue weighted by Gasteiger charge is -2.14. The summed E-state index contributed by atoms with van der Waals surface area (Å²) in [6, 6.07) is 3.11. The molecule has 0 saturated heterocycles. The van der Waals surface area contributed by atoms with Crippen molar-refractivity contribution in [2.24, 2.45) is 5.92 Å². The maximum Gasteiger partial charge on any atom is 0.417 e. The second kappa shape index (κ2) is 6.60. The average Bonchev–Trinajstić information content (AvgIpc) is 2.42. The van der Waals surface area contributed by atoms with Crippen LogP contribution in [0.5, 0.6) is 0 Å². The van der Waals surface area contributed by atoms with Gasteiger partial charge in [-0.25, -0.2) is 4.79 Å². The van der Waals surface area contributed by atoms with Crippen molar-refractivity contribution in [3.05, 3.63) is 34.9 Å². The third kappa shape index (κ3) is 4.47. The largest absolute Gasteiger partial charge is 0.465 e. The minimum atomic E-state index is -4.65. The summed E-state index contributed by atoms with van der Waals surface area (Å²) in [5.41, 5.74) is -1.24. The molecule has 7 heteroatoms. The van der Waals surface area contributed by atoms with E-state index in [1.54, 1.807) is 13.8 Å². The molecule has 1 aromatic rings. The second-order valence-corrected chi connectivity index (χ2v) is 4.74. The number of halogens is 3. The first-order chi connectivity index (χ1) is 9.66. The SMILES string of the molecule is COC(=O)c1cc(CNC(=O)C(C)C)ccc1C(F)(F)F. The van der Waals surface area contributed by atoms with Gasteiger partial charge in [-0.15, -0.1) is 0 Å². The quantitative estimate of drug-likeness (QED) is 0.870. The van der Waals surface area contributed by atoms with Crippen LogP contribution in [-0.4, -0.2) is 19.0 Å². The van der Waals surface area contributed by atoms with Crippen LogP contribution in [0.15, 0.2) is 18.2 Å². The lowest BCUT2D eigenvalue weighted by Crippen LogP contribution is -2.27. The summed E-state index contributed by atoms with van der Waals surface area (Å²) >= 11 is 0. The molecule has 0 bridgehead atoms. The van der Waals surface area contributed by atoms with Crippen molar-refractivity contribution in [3.8, 4) is 0 Å². The minimum absolute atomic E-state index is 0.0408. The molecule has 1 aromatic carbocycles. The Bertz CT molecular complexity index is 539. The Labute approximate surface area is 120 Å². The molecule has 0 unspecified atom stereocenters. The number of carbonyl (C=O) groups excluding carboxylic acids is 2. The van der Waals surface area contributed by atoms with Crippen LogP contribution >= 0.6 is 0 Å². The number of ether oxygens (including phenoxy) is 1. The Morgan fingerprint density at radius 2 is 1.90 bits per heavy atom. The van der Waals surface area contributed by atoms with Crippen molar-refractivity contribution in [3.63, 3.8) is 0 Å². The summed E-state index contributed by atoms with van der Waals surface area (Å²) in [6.45, 7) is 3.43. The Hall–Kier alpha value is -2.05. The number of hydrogen-bond donors (Lipinski definition) is 1. The molecule has 0 atom stereocenters. The molecular weight excluding hydrogens is 287 g/mol. The average molecular weight is 303 g/mol. The Morgan fingerprint density at radius 3 is 2.38 bits per heavy atom. The molecule has 0 saturated carbocycles. The third-order valence-electron chi connectivity index (χ3n) is 2.79. The van der Waals surface area contributed by atoms with Gasteiger partial charge in [0.05, 0.1) is 18.2 Å². The first-order valence-electron chi connectivity index (χ1n) is 6.23. The smallest absolute Gasteiger partial charge is 0.417 e. The van der Waals surface area contributed by atoms with Crippen LogP contribution in [0.4, 0.5) is 13.2 Å². The van der Waals surface area contributed by atoms with Crippen molar-refractivity contribution in [1.82, 2.24) is 5.32 Å². The number of esters is 1. The molecular formula is C14H16F3NO3. The van der Waals surface area contributed by atoms with Gasteiger partial charge in [-0.1, -0.05) is 19.9 Å². The highest BCUT2D eigenvalue weighted by atomic mass is 19.4. The molecule has 1 rings (SSSR count). The van der Waals surface area contributed by atoms with E-state index in [-0.39, 0.29) is 18.4 Å². The molecule has 116 valence electrons. The summed E-state index contributed by atoms with van der Waals surface area (Å²) in [5.74, 6) is -1.53. The van der Waals surface area contributed by atoms with Crippen LogP contribution in [0, 0.1) is 5.92 Å². The number of hydrogen-bond acceptors (Lipinski definition) is 3. The third-order valence-corrected chi connectivity index (χ3v) is 2.79. The normalized spacial score (nSPS) is 11.4. The van der Waals surface area contributed by atoms with Gasteiger partial charge in [-0.2, -0.15) is 13.2 Å². The summed E-state index contributed by atoms with van der Waals surface area (Å²) < 4.78 is 42.8. The van der Waals surface area contributed by atoms with E-state index in [9.17, 15) is 22.8 Å². The van der Waals surface area contributed by atoms with E-state index in [4.69, 9.17) is 0 Å². The molecule has 1 amide bonds. The zero-order valence-corrected chi connectivity index (χ0v) is 11.9. The number of benzene rings is 1. The highest BCUT2D eigenvalue weighted by molar-refractivity contribution is 5.91. The fourth-order valence-corrected chi connectivity index (χ4v) is 1.62. The molecule has 1 N–H and O–H groups in total. The zero-order valence-electron chi connectivity index (χ0n) is 11.9. The first-order valence-corrected chi connectivity index (χ1v) is 6.23. The lowest BCUT2D eigenvalue weighted by molar-refractivity contribution is -0.138. The van der Waals surface area contributed by atoms with Gasteiger partial charge in [-0.05, 0) is 17.7 Å². The van der Waals surface area contributed by atoms with Gasteiger partial charge >= 0.3 is 12.1 Å². The Morgan fingerprint density at radius 1 is 1.29 bits per heavy atom. The minimum Gasteiger partial charge on any atom is -0.465 e. The molecule has 0 aliphatic heterocycles. The van der Waals surface area contributed by atoms with Gasteiger partial charge in [0.15, 0.2) is 0 Å². The monoisotopic (exact) mass is 303 g/mol. The van der Waals surface area contributed by atoms with Crippen molar-refractivity contribution in [2.75, 3.05) is 7.11 Å². The van der Waals surface area contributed by atoms with Crippen molar-refractivity contribution in [1.29, 1.82) is 0 Å². The molecule has 0 aromatic heterocycles. The Balaban J connectivity index is 3.05. The van der Waals surface area contributed by atoms with Gasteiger partial charge < -0.3 is 10.1 Å². The molecule has 0 radical (unpaired) electrons. The lowest BCUT2D eigenvalue weighted by atomic mass is 10.0. The number of carbonyl (C=O) groups is 2. The van der Waals surface area contributed by atoms with Gasteiger partial charge in [0, 0.05) is 12.5 Å². The van der Waals surface area contributed by atoms with Crippen LogP contribution in [0.25, 0.3) is 0 Å². The van der Waals surface area contributed by atoms with E-state index >= 15 is 0 Å². The molecule has 0 aliphatic carbocycles. The number of rotatable bonds is 4. The van der Waals surface area contributed by atoms with E-state index in [1.807, 2.05) is 0 Å². The van der Waals surface area contributed by atoms with Crippen LogP contribution in [0.3, 0.4) is 0 Å². The zero-order chi connectivity index (χ0) is 16.2. The highest BCUT2D eigenvalue weighted by Gasteiger charge is 2.35. The topological polar surface area (TPSA) is 55.4 Å². The van der Waals surface area contributed by atoms with Gasteiger partial charge in [0.1, 0.15) is 0 Å². The molecule has 0 fully saturated rings. The number of nitrogens with one attached hydrogen (secondary N) is 1. The molecule has 0 aliphatic rings.